The zero-order valence-electron chi connectivity index (χ0n) is 26.0. The molecule has 5 aromatic rings. The fraction of sp³-hybridized carbons (Fsp3) is 0.359. The van der Waals surface area contributed by atoms with Crippen LogP contribution in [0.15, 0.2) is 94.8 Å². The van der Waals surface area contributed by atoms with Gasteiger partial charge >= 0.3 is 0 Å². The minimum atomic E-state index is 0.518. The van der Waals surface area contributed by atoms with Crippen molar-refractivity contribution in [1.29, 1.82) is 0 Å². The number of para-hydroxylation sites is 3. The maximum atomic E-state index is 5.10. The third-order valence-electron chi connectivity index (χ3n) is 8.75. The van der Waals surface area contributed by atoms with Gasteiger partial charge in [-0.15, -0.1) is 23.1 Å². The van der Waals surface area contributed by atoms with Crippen LogP contribution >= 0.6 is 39.0 Å². The fourth-order valence-electron chi connectivity index (χ4n) is 6.41. The van der Waals surface area contributed by atoms with Gasteiger partial charge in [0.25, 0.3) is 0 Å². The highest BCUT2D eigenvalue weighted by molar-refractivity contribution is 9.14. The normalized spacial score (nSPS) is 16.6. The average molecular weight is 684 g/mol. The van der Waals surface area contributed by atoms with Crippen LogP contribution in [-0.4, -0.2) is 9.55 Å². The number of fused-ring (bicyclic) bond motifs is 1. The number of halogens is 1. The summed E-state index contributed by atoms with van der Waals surface area (Å²) in [4.78, 5) is 8.09. The maximum absolute atomic E-state index is 5.10. The van der Waals surface area contributed by atoms with Crippen LogP contribution in [0, 0.1) is 5.92 Å². The van der Waals surface area contributed by atoms with Gasteiger partial charge in [-0.3, -0.25) is 4.57 Å². The summed E-state index contributed by atoms with van der Waals surface area (Å²) in [5.74, 6) is 1.60. The quantitative estimate of drug-likeness (QED) is 0.108. The first-order chi connectivity index (χ1) is 21.7. The van der Waals surface area contributed by atoms with E-state index < -0.39 is 0 Å². The topological polar surface area (TPSA) is 17.8 Å². The first kappa shape index (κ1) is 31.4. The molecular weight excluding hydrogens is 640 g/mol. The summed E-state index contributed by atoms with van der Waals surface area (Å²) in [6.07, 6.45) is 15.4. The lowest BCUT2D eigenvalue weighted by atomic mass is 9.95. The van der Waals surface area contributed by atoms with E-state index in [1.54, 1.807) is 0 Å². The predicted octanol–water partition coefficient (Wildman–Crippen LogP) is 13.2. The molecule has 0 aliphatic carbocycles. The number of rotatable bonds is 14. The standard InChI is InChI=1S/C39H43BrN2S2/c1-3-5-7-10-16-30-26-35(38-31(27-36(40)44-38)17-11-8-6-4-2)43-37(30)28-22-24-29(25-23-28)39-41-33-20-14-15-21-34(33)42(39)32-18-12-9-13-19-32/h9,12-15,18-27,31,38H,3-8,10-11,16-17H2,1-2H3/t31?,38-/m0/s1. The minimum Gasteiger partial charge on any atom is -0.292 e. The molecule has 0 radical (unpaired) electrons. The Morgan fingerprint density at radius 2 is 1.48 bits per heavy atom. The van der Waals surface area contributed by atoms with Gasteiger partial charge < -0.3 is 0 Å². The first-order valence-corrected chi connectivity index (χ1v) is 19.0. The van der Waals surface area contributed by atoms with Crippen molar-refractivity contribution in [2.24, 2.45) is 5.92 Å². The van der Waals surface area contributed by atoms with Crippen LogP contribution in [0.25, 0.3) is 38.5 Å². The van der Waals surface area contributed by atoms with Crippen molar-refractivity contribution < 1.29 is 0 Å². The lowest BCUT2D eigenvalue weighted by Crippen LogP contribution is -2.02. The molecule has 2 atom stereocenters. The Morgan fingerprint density at radius 3 is 2.25 bits per heavy atom. The Hall–Kier alpha value is -2.60. The number of aromatic nitrogens is 2. The van der Waals surface area contributed by atoms with Gasteiger partial charge in [-0.2, -0.15) is 0 Å². The summed E-state index contributed by atoms with van der Waals surface area (Å²) in [5, 5.41) is 0.518. The van der Waals surface area contributed by atoms with Gasteiger partial charge in [0.2, 0.25) is 0 Å². The molecule has 44 heavy (non-hydrogen) atoms. The molecule has 5 heteroatoms. The van der Waals surface area contributed by atoms with Gasteiger partial charge in [0.05, 0.1) is 16.3 Å². The van der Waals surface area contributed by atoms with Gasteiger partial charge in [-0.25, -0.2) is 4.98 Å². The number of benzene rings is 3. The summed E-state index contributed by atoms with van der Waals surface area (Å²) in [7, 11) is 0. The lowest BCUT2D eigenvalue weighted by Gasteiger charge is -2.17. The van der Waals surface area contributed by atoms with Gasteiger partial charge in [-0.05, 0) is 82.6 Å². The van der Waals surface area contributed by atoms with Crippen molar-refractivity contribution in [3.8, 4) is 27.5 Å². The SMILES string of the molecule is CCCCCCc1cc([C@H]2SC(Br)=CC2CCCCCC)sc1-c1ccc(-c2nc3ccccc3n2-c2ccccc2)cc1. The Morgan fingerprint density at radius 1 is 0.773 bits per heavy atom. The summed E-state index contributed by atoms with van der Waals surface area (Å²) in [6, 6.07) is 30.8. The van der Waals surface area contributed by atoms with Crippen molar-refractivity contribution in [2.75, 3.05) is 0 Å². The Kier molecular flexibility index (Phi) is 10.8. The van der Waals surface area contributed by atoms with Gasteiger partial charge in [0.15, 0.2) is 0 Å². The molecule has 2 nitrogen and oxygen atoms in total. The van der Waals surface area contributed by atoms with Crippen LogP contribution in [0.2, 0.25) is 0 Å². The Balaban J connectivity index is 1.32. The van der Waals surface area contributed by atoms with Gasteiger partial charge in [-0.1, -0.05) is 119 Å². The first-order valence-electron chi connectivity index (χ1n) is 16.5. The van der Waals surface area contributed by atoms with E-state index in [1.807, 2.05) is 23.1 Å². The van der Waals surface area contributed by atoms with Crippen LogP contribution in [0.1, 0.15) is 87.3 Å². The molecule has 0 amide bonds. The molecule has 0 fully saturated rings. The molecule has 1 aliphatic heterocycles. The number of thiophene rings is 1. The van der Waals surface area contributed by atoms with Crippen LogP contribution in [-0.2, 0) is 6.42 Å². The summed E-state index contributed by atoms with van der Waals surface area (Å²) in [6.45, 7) is 4.59. The van der Waals surface area contributed by atoms with E-state index in [2.05, 4.69) is 125 Å². The fourth-order valence-corrected chi connectivity index (χ4v) is 9.98. The molecular formula is C39H43BrN2S2. The number of thioether (sulfide) groups is 1. The highest BCUT2D eigenvalue weighted by Crippen LogP contribution is 2.54. The second-order valence-electron chi connectivity index (χ2n) is 12.0. The average Bonchev–Trinajstić information content (AvgIpc) is 3.77. The summed E-state index contributed by atoms with van der Waals surface area (Å²) >= 11 is 7.91. The van der Waals surface area contributed by atoms with Crippen molar-refractivity contribution in [3.63, 3.8) is 0 Å². The largest absolute Gasteiger partial charge is 0.292 e. The molecule has 0 bridgehead atoms. The van der Waals surface area contributed by atoms with E-state index in [-0.39, 0.29) is 0 Å². The van der Waals surface area contributed by atoms with E-state index in [4.69, 9.17) is 4.98 Å². The highest BCUT2D eigenvalue weighted by Gasteiger charge is 2.31. The monoisotopic (exact) mass is 682 g/mol. The van der Waals surface area contributed by atoms with Crippen LogP contribution < -0.4 is 0 Å². The number of hydrogen-bond acceptors (Lipinski definition) is 3. The number of imidazole rings is 1. The van der Waals surface area contributed by atoms with Crippen LogP contribution in [0.5, 0.6) is 0 Å². The van der Waals surface area contributed by atoms with Gasteiger partial charge in [0, 0.05) is 24.8 Å². The molecule has 3 heterocycles. The van der Waals surface area contributed by atoms with Crippen LogP contribution in [0.4, 0.5) is 0 Å². The smallest absolute Gasteiger partial charge is 0.145 e. The highest BCUT2D eigenvalue weighted by atomic mass is 79.9. The van der Waals surface area contributed by atoms with Crippen LogP contribution in [0.3, 0.4) is 0 Å². The minimum absolute atomic E-state index is 0.518. The molecule has 2 aromatic heterocycles. The zero-order chi connectivity index (χ0) is 30.3. The Bertz CT molecular complexity index is 1680. The molecule has 3 aromatic carbocycles. The third-order valence-corrected chi connectivity index (χ3v) is 12.3. The molecule has 228 valence electrons. The summed E-state index contributed by atoms with van der Waals surface area (Å²) in [5.41, 5.74) is 7.28. The van der Waals surface area contributed by atoms with E-state index in [0.717, 1.165) is 34.5 Å². The zero-order valence-corrected chi connectivity index (χ0v) is 29.2. The van der Waals surface area contributed by atoms with Gasteiger partial charge in [0.1, 0.15) is 5.82 Å². The van der Waals surface area contributed by atoms with E-state index in [0.29, 0.717) is 11.2 Å². The number of hydrogen-bond donors (Lipinski definition) is 0. The molecule has 6 rings (SSSR count). The van der Waals surface area contributed by atoms with Crippen molar-refractivity contribution in [2.45, 2.75) is 83.3 Å². The Labute approximate surface area is 280 Å². The molecule has 0 saturated carbocycles. The lowest BCUT2D eigenvalue weighted by molar-refractivity contribution is 0.529. The molecule has 0 N–H and O–H groups in total. The maximum Gasteiger partial charge on any atom is 0.145 e. The van der Waals surface area contributed by atoms with Crippen molar-refractivity contribution in [1.82, 2.24) is 9.55 Å². The molecule has 1 unspecified atom stereocenters. The molecule has 0 spiro atoms. The predicted molar refractivity (Wildman–Crippen MR) is 197 cm³/mol. The number of allylic oxidation sites excluding steroid dienone is 1. The molecule has 1 aliphatic rings. The number of aryl methyl sites for hydroxylation is 1. The van der Waals surface area contributed by atoms with E-state index in [9.17, 15) is 0 Å². The number of nitrogens with zero attached hydrogens (tertiary/aromatic N) is 2. The van der Waals surface area contributed by atoms with E-state index >= 15 is 0 Å². The second kappa shape index (κ2) is 15.1. The van der Waals surface area contributed by atoms with Crippen molar-refractivity contribution in [3.05, 3.63) is 105 Å². The summed E-state index contributed by atoms with van der Waals surface area (Å²) < 4.78 is 3.60. The van der Waals surface area contributed by atoms with Crippen molar-refractivity contribution >= 4 is 50.1 Å². The second-order valence-corrected chi connectivity index (χ2v) is 15.7. The molecule has 0 saturated heterocycles. The third kappa shape index (κ3) is 7.11. The number of unbranched alkanes of at least 4 members (excludes halogenated alkanes) is 6. The van der Waals surface area contributed by atoms with E-state index in [1.165, 1.54) is 82.5 Å².